The predicted octanol–water partition coefficient (Wildman–Crippen LogP) is 3.34. The van der Waals surface area contributed by atoms with Gasteiger partial charge < -0.3 is 15.8 Å². The number of rotatable bonds is 2. The van der Waals surface area contributed by atoms with E-state index in [4.69, 9.17) is 5.73 Å². The van der Waals surface area contributed by atoms with Gasteiger partial charge in [0.05, 0.1) is 6.34 Å². The highest BCUT2D eigenvalue weighted by Crippen LogP contribution is 1.81. The van der Waals surface area contributed by atoms with Crippen LogP contribution in [0.15, 0.2) is 17.6 Å². The van der Waals surface area contributed by atoms with Gasteiger partial charge in [0.25, 0.3) is 0 Å². The van der Waals surface area contributed by atoms with Crippen molar-refractivity contribution in [1.29, 1.82) is 0 Å². The lowest BCUT2D eigenvalue weighted by molar-refractivity contribution is 0.277. The van der Waals surface area contributed by atoms with Crippen molar-refractivity contribution in [3.05, 3.63) is 12.7 Å². The maximum absolute atomic E-state index is 4.85. The highest BCUT2D eigenvalue weighted by atomic mass is 16.4. The molecular formula is C15H39N3O. The Labute approximate surface area is 122 Å². The summed E-state index contributed by atoms with van der Waals surface area (Å²) in [5.74, 6) is 0.833. The van der Waals surface area contributed by atoms with Gasteiger partial charge in [0.2, 0.25) is 0 Å². The van der Waals surface area contributed by atoms with E-state index in [0.29, 0.717) is 0 Å². The lowest BCUT2D eigenvalue weighted by Crippen LogP contribution is -2.01. The van der Waals surface area contributed by atoms with Crippen LogP contribution in [0.1, 0.15) is 41.5 Å². The second kappa shape index (κ2) is 53.5. The molecular weight excluding hydrogens is 238 g/mol. The number of methoxy groups -OCH3 is 1. The fourth-order valence-electron chi connectivity index (χ4n) is 0.105. The molecule has 0 rings (SSSR count). The Kier molecular flexibility index (Phi) is 86.8. The average Bonchev–Trinajstić information content (AvgIpc) is 2.32. The van der Waals surface area contributed by atoms with Crippen molar-refractivity contribution in [2.45, 2.75) is 41.5 Å². The second-order valence-electron chi connectivity index (χ2n) is 3.90. The van der Waals surface area contributed by atoms with Gasteiger partial charge in [-0.3, -0.25) is 4.99 Å². The van der Waals surface area contributed by atoms with Crippen LogP contribution in [0.2, 0.25) is 0 Å². The smallest absolute Gasteiger partial charge is 0.0797 e. The molecule has 0 heterocycles. The van der Waals surface area contributed by atoms with Crippen LogP contribution in [0.25, 0.3) is 0 Å². The summed E-state index contributed by atoms with van der Waals surface area (Å²) in [6.45, 7) is 17.6. The maximum atomic E-state index is 4.85. The molecule has 0 fully saturated rings. The fourth-order valence-corrected chi connectivity index (χ4v) is 0.105. The van der Waals surface area contributed by atoms with Gasteiger partial charge in [0.1, 0.15) is 0 Å². The summed E-state index contributed by atoms with van der Waals surface area (Å²) in [7, 11) is 5.18. The molecule has 120 valence electrons. The molecule has 19 heavy (non-hydrogen) atoms. The number of allylic oxidation sites excluding steroid dienone is 1. The van der Waals surface area contributed by atoms with E-state index in [1.807, 2.05) is 20.9 Å². The summed E-state index contributed by atoms with van der Waals surface area (Å²) < 4.78 is 4.25. The summed E-state index contributed by atoms with van der Waals surface area (Å²) in [6, 6.07) is 0. The molecule has 0 aliphatic heterocycles. The van der Waals surface area contributed by atoms with Crippen LogP contribution in [0.3, 0.4) is 0 Å². The van der Waals surface area contributed by atoms with Crippen molar-refractivity contribution in [2.24, 2.45) is 16.6 Å². The van der Waals surface area contributed by atoms with Crippen LogP contribution in [0.5, 0.6) is 0 Å². The highest BCUT2D eigenvalue weighted by Gasteiger charge is 1.68. The molecule has 3 N–H and O–H groups in total. The van der Waals surface area contributed by atoms with E-state index in [0.717, 1.165) is 19.0 Å². The molecule has 0 amide bonds. The van der Waals surface area contributed by atoms with Crippen LogP contribution in [0, 0.1) is 5.92 Å². The molecule has 0 aromatic carbocycles. The van der Waals surface area contributed by atoms with Gasteiger partial charge in [-0.1, -0.05) is 33.8 Å². The Morgan fingerprint density at radius 1 is 1.26 bits per heavy atom. The first-order valence-corrected chi connectivity index (χ1v) is 6.71. The summed E-state index contributed by atoms with van der Waals surface area (Å²) in [5.41, 5.74) is 4.85. The molecule has 0 radical (unpaired) electrons. The maximum Gasteiger partial charge on any atom is 0.0797 e. The SMILES string of the molecule is C=CC.CC(C)C.CCN=CN.CCNC.COC. The quantitative estimate of drug-likeness (QED) is 0.462. The van der Waals surface area contributed by atoms with Gasteiger partial charge in [0, 0.05) is 20.8 Å². The minimum Gasteiger partial charge on any atom is -0.390 e. The zero-order valence-corrected chi connectivity index (χ0v) is 14.8. The molecule has 0 aliphatic rings. The van der Waals surface area contributed by atoms with E-state index < -0.39 is 0 Å². The molecule has 0 saturated carbocycles. The number of hydrogen-bond acceptors (Lipinski definition) is 3. The van der Waals surface area contributed by atoms with Gasteiger partial charge in [-0.2, -0.15) is 0 Å². The standard InChI is InChI=1S/C4H10.C3H8N2.C3H9N.C3H6.C2H6O/c1-4(2)3;1-2-5-3-4;1-3-4-2;2*1-3-2/h4H,1-3H3;3H,2H2,1H3,(H2,4,5);4H,3H2,1-2H3;3H,1H2,2H3;1-2H3. The summed E-state index contributed by atoms with van der Waals surface area (Å²) in [5, 5.41) is 2.93. The van der Waals surface area contributed by atoms with Crippen molar-refractivity contribution in [3.8, 4) is 0 Å². The van der Waals surface area contributed by atoms with Crippen molar-refractivity contribution < 1.29 is 4.74 Å². The van der Waals surface area contributed by atoms with E-state index >= 15 is 0 Å². The lowest BCUT2D eigenvalue weighted by Gasteiger charge is -1.79. The zero-order valence-electron chi connectivity index (χ0n) is 14.8. The molecule has 0 saturated heterocycles. The number of ether oxygens (including phenoxy) is 1. The van der Waals surface area contributed by atoms with Crippen LogP contribution in [0.4, 0.5) is 0 Å². The number of aliphatic imine (C=N–C) groups is 1. The Hall–Kier alpha value is -0.870. The first-order chi connectivity index (χ1) is 8.89. The number of nitrogens with two attached hydrogens (primary N) is 1. The largest absolute Gasteiger partial charge is 0.390 e. The average molecular weight is 277 g/mol. The molecule has 0 unspecified atom stereocenters. The van der Waals surface area contributed by atoms with Crippen molar-refractivity contribution >= 4 is 6.34 Å². The van der Waals surface area contributed by atoms with E-state index in [1.54, 1.807) is 20.3 Å². The number of nitrogens with zero attached hydrogens (tertiary/aromatic N) is 1. The van der Waals surface area contributed by atoms with Crippen molar-refractivity contribution in [3.63, 3.8) is 0 Å². The Bertz CT molecular complexity index is 122. The Balaban J connectivity index is -0.0000000437. The van der Waals surface area contributed by atoms with Crippen LogP contribution >= 0.6 is 0 Å². The fraction of sp³-hybridized carbons (Fsp3) is 0.800. The summed E-state index contributed by atoms with van der Waals surface area (Å²) in [4.78, 5) is 3.62. The molecule has 0 spiro atoms. The molecule has 0 bridgehead atoms. The second-order valence-corrected chi connectivity index (χ2v) is 3.90. The minimum absolute atomic E-state index is 0.788. The van der Waals surface area contributed by atoms with Gasteiger partial charge >= 0.3 is 0 Å². The van der Waals surface area contributed by atoms with Gasteiger partial charge in [-0.05, 0) is 33.4 Å². The van der Waals surface area contributed by atoms with Crippen LogP contribution in [-0.4, -0.2) is 40.7 Å². The van der Waals surface area contributed by atoms with Gasteiger partial charge in [-0.25, -0.2) is 0 Å². The first-order valence-electron chi connectivity index (χ1n) is 6.71. The normalized spacial score (nSPS) is 7.68. The predicted molar refractivity (Wildman–Crippen MR) is 92.1 cm³/mol. The first kappa shape index (κ1) is 30.9. The van der Waals surface area contributed by atoms with E-state index in [-0.39, 0.29) is 0 Å². The van der Waals surface area contributed by atoms with E-state index in [2.05, 4.69) is 49.3 Å². The third kappa shape index (κ3) is 864. The van der Waals surface area contributed by atoms with Gasteiger partial charge in [-0.15, -0.1) is 6.58 Å². The number of hydrogen-bond donors (Lipinski definition) is 2. The van der Waals surface area contributed by atoms with Crippen molar-refractivity contribution in [1.82, 2.24) is 5.32 Å². The van der Waals surface area contributed by atoms with Crippen LogP contribution in [-0.2, 0) is 4.74 Å². The minimum atomic E-state index is 0.788. The molecule has 4 nitrogen and oxygen atoms in total. The van der Waals surface area contributed by atoms with E-state index in [9.17, 15) is 0 Å². The monoisotopic (exact) mass is 277 g/mol. The molecule has 4 heteroatoms. The highest BCUT2D eigenvalue weighted by molar-refractivity contribution is 5.50. The molecule has 0 atom stereocenters. The van der Waals surface area contributed by atoms with Crippen LogP contribution < -0.4 is 11.1 Å². The van der Waals surface area contributed by atoms with E-state index in [1.165, 1.54) is 6.34 Å². The Morgan fingerprint density at radius 3 is 1.47 bits per heavy atom. The Morgan fingerprint density at radius 2 is 1.47 bits per heavy atom. The lowest BCUT2D eigenvalue weighted by atomic mass is 10.3. The summed E-state index contributed by atoms with van der Waals surface area (Å²) >= 11 is 0. The third-order valence-electron chi connectivity index (χ3n) is 0.642. The van der Waals surface area contributed by atoms with Gasteiger partial charge in [0.15, 0.2) is 0 Å². The summed E-state index contributed by atoms with van der Waals surface area (Å²) in [6.07, 6.45) is 3.06. The number of nitrogens with one attached hydrogen (secondary N) is 1. The zero-order chi connectivity index (χ0) is 16.5. The third-order valence-corrected chi connectivity index (χ3v) is 0.642. The molecule has 0 aromatic rings. The topological polar surface area (TPSA) is 59.6 Å². The molecule has 0 aromatic heterocycles. The molecule has 0 aliphatic carbocycles. The van der Waals surface area contributed by atoms with Crippen molar-refractivity contribution in [2.75, 3.05) is 34.4 Å².